The van der Waals surface area contributed by atoms with Crippen LogP contribution in [0.3, 0.4) is 0 Å². The molecule has 4 rings (SSSR count). The van der Waals surface area contributed by atoms with Crippen molar-refractivity contribution in [2.75, 3.05) is 5.32 Å². The van der Waals surface area contributed by atoms with Gasteiger partial charge in [-0.2, -0.15) is 0 Å². The first-order valence-electron chi connectivity index (χ1n) is 8.77. The van der Waals surface area contributed by atoms with E-state index in [4.69, 9.17) is 0 Å². The van der Waals surface area contributed by atoms with E-state index in [1.165, 1.54) is 47.0 Å². The van der Waals surface area contributed by atoms with Gasteiger partial charge in [-0.25, -0.2) is 4.79 Å². The van der Waals surface area contributed by atoms with E-state index < -0.39 is 0 Å². The van der Waals surface area contributed by atoms with Crippen molar-refractivity contribution in [3.05, 3.63) is 63.8 Å². The van der Waals surface area contributed by atoms with Crippen molar-refractivity contribution in [3.8, 4) is 0 Å². The fourth-order valence-electron chi connectivity index (χ4n) is 3.78. The Kier molecular flexibility index (Phi) is 4.74. The molecule has 0 spiro atoms. The monoisotopic (exact) mass is 351 g/mol. The maximum Gasteiger partial charge on any atom is 0.329 e. The highest BCUT2D eigenvalue weighted by Gasteiger charge is 2.24. The van der Waals surface area contributed by atoms with E-state index >= 15 is 0 Å². The molecule has 2 aliphatic rings. The van der Waals surface area contributed by atoms with Gasteiger partial charge in [0, 0.05) is 18.1 Å². The van der Waals surface area contributed by atoms with Crippen molar-refractivity contribution in [3.63, 3.8) is 0 Å². The van der Waals surface area contributed by atoms with Gasteiger partial charge in [-0.05, 0) is 95.8 Å². The predicted molar refractivity (Wildman–Crippen MR) is 104 cm³/mol. The Labute approximate surface area is 152 Å². The Morgan fingerprint density at radius 3 is 2.56 bits per heavy atom. The Bertz CT molecular complexity index is 785. The largest absolute Gasteiger partial charge is 0.329 e. The van der Waals surface area contributed by atoms with E-state index in [2.05, 4.69) is 21.1 Å². The fraction of sp³-hybridized carbons (Fsp3) is 0.300. The Balaban J connectivity index is 1.41. The number of urea groups is 1. The van der Waals surface area contributed by atoms with E-state index in [-0.39, 0.29) is 6.03 Å². The van der Waals surface area contributed by atoms with Crippen LogP contribution in [0.2, 0.25) is 0 Å². The predicted octanol–water partition coefficient (Wildman–Crippen LogP) is 4.50. The van der Waals surface area contributed by atoms with Crippen LogP contribution < -0.4 is 10.0 Å². The molecule has 0 unspecified atom stereocenters. The van der Waals surface area contributed by atoms with Crippen LogP contribution in [0.5, 0.6) is 0 Å². The summed E-state index contributed by atoms with van der Waals surface area (Å²) in [4.78, 5) is 16.4. The van der Waals surface area contributed by atoms with Crippen LogP contribution in [0.15, 0.2) is 36.0 Å². The zero-order valence-electron chi connectivity index (χ0n) is 14.0. The summed E-state index contributed by atoms with van der Waals surface area (Å²) >= 11 is 1.27. The number of anilines is 1. The summed E-state index contributed by atoms with van der Waals surface area (Å²) in [6.45, 7) is 0. The molecule has 4 nitrogen and oxygen atoms in total. The van der Waals surface area contributed by atoms with E-state index in [9.17, 15) is 4.79 Å². The molecule has 2 aliphatic carbocycles. The van der Waals surface area contributed by atoms with Gasteiger partial charge < -0.3 is 5.32 Å². The molecular formula is C20H21N3OS. The number of fused-ring (bicyclic) bond motifs is 2. The van der Waals surface area contributed by atoms with Gasteiger partial charge in [0.2, 0.25) is 0 Å². The average molecular weight is 351 g/mol. The van der Waals surface area contributed by atoms with Crippen LogP contribution in [0, 0.1) is 0 Å². The number of hydrogen-bond acceptors (Lipinski definition) is 3. The maximum absolute atomic E-state index is 12.3. The minimum Gasteiger partial charge on any atom is -0.307 e. The second-order valence-corrected chi connectivity index (χ2v) is 7.21. The molecule has 0 atom stereocenters. The second-order valence-electron chi connectivity index (χ2n) is 6.50. The molecule has 2 amide bonds. The lowest BCUT2D eigenvalue weighted by Crippen LogP contribution is -2.23. The first-order chi connectivity index (χ1) is 12.3. The molecule has 5 heteroatoms. The van der Waals surface area contributed by atoms with Crippen molar-refractivity contribution in [2.24, 2.45) is 0 Å². The second kappa shape index (κ2) is 7.31. The third-order valence-corrected chi connectivity index (χ3v) is 5.45. The first-order valence-corrected chi connectivity index (χ1v) is 9.65. The highest BCUT2D eigenvalue weighted by atomic mass is 32.2. The summed E-state index contributed by atoms with van der Waals surface area (Å²) in [5.41, 5.74) is 7.66. The number of rotatable bonds is 4. The van der Waals surface area contributed by atoms with Crippen LogP contribution in [-0.2, 0) is 25.7 Å². The summed E-state index contributed by atoms with van der Waals surface area (Å²) in [5.74, 6) is 0. The number of amides is 2. The van der Waals surface area contributed by atoms with Crippen LogP contribution in [-0.4, -0.2) is 11.0 Å². The molecule has 128 valence electrons. The summed E-state index contributed by atoms with van der Waals surface area (Å²) in [5, 5.41) is 4.98. The number of aromatic nitrogens is 1. The third-order valence-electron chi connectivity index (χ3n) is 4.88. The maximum atomic E-state index is 12.3. The smallest absolute Gasteiger partial charge is 0.307 e. The van der Waals surface area contributed by atoms with Crippen LogP contribution in [0.25, 0.3) is 6.08 Å². The highest BCUT2D eigenvalue weighted by molar-refractivity contribution is 8.00. The summed E-state index contributed by atoms with van der Waals surface area (Å²) < 4.78 is 2.84. The molecule has 0 bridgehead atoms. The van der Waals surface area contributed by atoms with E-state index in [1.807, 2.05) is 23.6 Å². The first kappa shape index (κ1) is 16.2. The number of hydrogen-bond donors (Lipinski definition) is 2. The van der Waals surface area contributed by atoms with Gasteiger partial charge >= 0.3 is 6.03 Å². The van der Waals surface area contributed by atoms with Crippen molar-refractivity contribution < 1.29 is 4.79 Å². The standard InChI is InChI=1S/C20H21N3OS/c24-20(23-25-11-9-14-4-3-10-21-13-14)22-19-17-7-1-5-15(17)12-16-6-2-8-18(16)19/h3-4,9-13H,1-2,5-8H2,(H2,22,23,24)/b11-9+. The van der Waals surface area contributed by atoms with Gasteiger partial charge in [-0.15, -0.1) is 0 Å². The molecule has 1 aromatic carbocycles. The lowest BCUT2D eigenvalue weighted by atomic mass is 9.99. The number of carbonyl (C=O) groups is 1. The van der Waals surface area contributed by atoms with Gasteiger partial charge in [-0.3, -0.25) is 9.71 Å². The van der Waals surface area contributed by atoms with Crippen molar-refractivity contribution in [1.29, 1.82) is 0 Å². The zero-order valence-corrected chi connectivity index (χ0v) is 14.9. The lowest BCUT2D eigenvalue weighted by molar-refractivity contribution is 0.257. The van der Waals surface area contributed by atoms with E-state index in [0.29, 0.717) is 0 Å². The normalized spacial score (nSPS) is 15.2. The number of aryl methyl sites for hydroxylation is 2. The van der Waals surface area contributed by atoms with Gasteiger partial charge in [0.25, 0.3) is 0 Å². The Hall–Kier alpha value is -2.27. The SMILES string of the molecule is O=C(NS/C=C/c1cccnc1)Nc1c2c(cc3c1CCC3)CCC2. The minimum absolute atomic E-state index is 0.157. The molecule has 0 aliphatic heterocycles. The third kappa shape index (κ3) is 3.56. The number of nitrogens with one attached hydrogen (secondary N) is 2. The fourth-order valence-corrected chi connectivity index (χ4v) is 4.23. The van der Waals surface area contributed by atoms with Gasteiger partial charge in [0.1, 0.15) is 0 Å². The van der Waals surface area contributed by atoms with E-state index in [0.717, 1.165) is 36.9 Å². The Morgan fingerprint density at radius 2 is 1.88 bits per heavy atom. The minimum atomic E-state index is -0.157. The molecule has 2 aromatic rings. The molecule has 0 saturated heterocycles. The number of carbonyl (C=O) groups excluding carboxylic acids is 1. The summed E-state index contributed by atoms with van der Waals surface area (Å²) in [6, 6.07) is 6.08. The topological polar surface area (TPSA) is 54.0 Å². The average Bonchev–Trinajstić information content (AvgIpc) is 3.28. The quantitative estimate of drug-likeness (QED) is 0.798. The van der Waals surface area contributed by atoms with Crippen molar-refractivity contribution in [1.82, 2.24) is 9.71 Å². The molecule has 1 aromatic heterocycles. The molecule has 25 heavy (non-hydrogen) atoms. The molecular weight excluding hydrogens is 330 g/mol. The number of benzene rings is 1. The molecule has 0 saturated carbocycles. The zero-order chi connectivity index (χ0) is 17.1. The van der Waals surface area contributed by atoms with Crippen LogP contribution >= 0.6 is 11.9 Å². The van der Waals surface area contributed by atoms with E-state index in [1.54, 1.807) is 12.4 Å². The van der Waals surface area contributed by atoms with Gasteiger partial charge in [-0.1, -0.05) is 12.1 Å². The molecule has 2 N–H and O–H groups in total. The van der Waals surface area contributed by atoms with Crippen molar-refractivity contribution >= 4 is 29.7 Å². The lowest BCUT2D eigenvalue weighted by Gasteiger charge is -2.16. The van der Waals surface area contributed by atoms with Crippen molar-refractivity contribution in [2.45, 2.75) is 38.5 Å². The Morgan fingerprint density at radius 1 is 1.12 bits per heavy atom. The number of nitrogens with zero attached hydrogens (tertiary/aromatic N) is 1. The molecule has 0 fully saturated rings. The summed E-state index contributed by atoms with van der Waals surface area (Å²) in [6.07, 6.45) is 12.3. The highest BCUT2D eigenvalue weighted by Crippen LogP contribution is 2.38. The molecule has 1 heterocycles. The molecule has 0 radical (unpaired) electrons. The summed E-state index contributed by atoms with van der Waals surface area (Å²) in [7, 11) is 0. The number of pyridine rings is 1. The van der Waals surface area contributed by atoms with Gasteiger partial charge in [0.05, 0.1) is 0 Å². The van der Waals surface area contributed by atoms with Crippen LogP contribution in [0.4, 0.5) is 10.5 Å². The van der Waals surface area contributed by atoms with Crippen LogP contribution in [0.1, 0.15) is 40.7 Å². The van der Waals surface area contributed by atoms with Gasteiger partial charge in [0.15, 0.2) is 0 Å².